The van der Waals surface area contributed by atoms with Crippen LogP contribution < -0.4 is 5.32 Å². The summed E-state index contributed by atoms with van der Waals surface area (Å²) in [5, 5.41) is 12.8. The van der Waals surface area contributed by atoms with Gasteiger partial charge in [-0.15, -0.1) is 0 Å². The summed E-state index contributed by atoms with van der Waals surface area (Å²) in [7, 11) is -3.13. The van der Waals surface area contributed by atoms with Crippen molar-refractivity contribution in [2.24, 2.45) is 0 Å². The largest absolute Gasteiger partial charge is 0.390 e. The Morgan fingerprint density at radius 3 is 2.29 bits per heavy atom. The number of para-hydroxylation sites is 1. The molecule has 2 atom stereocenters. The summed E-state index contributed by atoms with van der Waals surface area (Å²) in [5.41, 5.74) is 0.758. The van der Waals surface area contributed by atoms with E-state index in [0.717, 1.165) is 14.6 Å². The van der Waals surface area contributed by atoms with Crippen molar-refractivity contribution >= 4 is 47.4 Å². The number of hydrogen-bond acceptors (Lipinski definition) is 4. The molecule has 94 valence electrons. The van der Waals surface area contributed by atoms with E-state index >= 15 is 0 Å². The second kappa shape index (κ2) is 4.87. The highest BCUT2D eigenvalue weighted by molar-refractivity contribution is 9.11. The lowest BCUT2D eigenvalue weighted by Crippen LogP contribution is -2.32. The number of rotatable bonds is 2. The summed E-state index contributed by atoms with van der Waals surface area (Å²) >= 11 is 6.76. The van der Waals surface area contributed by atoms with E-state index in [0.29, 0.717) is 0 Å². The summed E-state index contributed by atoms with van der Waals surface area (Å²) in [4.78, 5) is 0. The van der Waals surface area contributed by atoms with Crippen LogP contribution in [-0.2, 0) is 9.84 Å². The topological polar surface area (TPSA) is 66.4 Å². The molecule has 7 heteroatoms. The Kier molecular flexibility index (Phi) is 3.82. The van der Waals surface area contributed by atoms with Gasteiger partial charge in [0.2, 0.25) is 0 Å². The Hall–Kier alpha value is -0.110. The molecule has 0 aliphatic carbocycles. The number of nitrogens with one attached hydrogen (secondary N) is 1. The maximum Gasteiger partial charge on any atom is 0.155 e. The van der Waals surface area contributed by atoms with Crippen LogP contribution in [0.25, 0.3) is 0 Å². The standard InChI is InChI=1S/C10H11Br2NO3S/c11-6-2-1-3-7(12)10(6)13-8-4-17(15,16)5-9(8)14/h1-3,8-9,13-14H,4-5H2. The van der Waals surface area contributed by atoms with Crippen molar-refractivity contribution in [1.29, 1.82) is 0 Å². The summed E-state index contributed by atoms with van der Waals surface area (Å²) in [6.07, 6.45) is -0.862. The van der Waals surface area contributed by atoms with E-state index in [9.17, 15) is 13.5 Å². The fraction of sp³-hybridized carbons (Fsp3) is 0.400. The molecule has 0 spiro atoms. The molecule has 0 aromatic heterocycles. The average Bonchev–Trinajstić information content (AvgIpc) is 2.46. The third-order valence-electron chi connectivity index (χ3n) is 2.62. The second-order valence-electron chi connectivity index (χ2n) is 3.99. The first-order valence-corrected chi connectivity index (χ1v) is 8.39. The van der Waals surface area contributed by atoms with E-state index in [4.69, 9.17) is 0 Å². The van der Waals surface area contributed by atoms with Gasteiger partial charge in [-0.2, -0.15) is 0 Å². The van der Waals surface area contributed by atoms with Gasteiger partial charge < -0.3 is 10.4 Å². The fourth-order valence-corrected chi connectivity index (χ4v) is 4.76. The summed E-state index contributed by atoms with van der Waals surface area (Å²) in [5.74, 6) is -0.214. The van der Waals surface area contributed by atoms with Crippen LogP contribution in [0, 0.1) is 0 Å². The third-order valence-corrected chi connectivity index (χ3v) is 5.65. The van der Waals surface area contributed by atoms with Gasteiger partial charge in [0, 0.05) is 8.95 Å². The Labute approximate surface area is 117 Å². The lowest BCUT2D eigenvalue weighted by Gasteiger charge is -2.18. The Morgan fingerprint density at radius 2 is 1.82 bits per heavy atom. The van der Waals surface area contributed by atoms with Gasteiger partial charge in [0.1, 0.15) is 0 Å². The maximum atomic E-state index is 11.4. The molecule has 1 aliphatic rings. The number of aliphatic hydroxyl groups is 1. The number of halogens is 2. The van der Waals surface area contributed by atoms with Crippen molar-refractivity contribution in [1.82, 2.24) is 0 Å². The van der Waals surface area contributed by atoms with Gasteiger partial charge in [0.25, 0.3) is 0 Å². The minimum Gasteiger partial charge on any atom is -0.390 e. The minimum atomic E-state index is -3.13. The third kappa shape index (κ3) is 3.01. The second-order valence-corrected chi connectivity index (χ2v) is 7.85. The summed E-state index contributed by atoms with van der Waals surface area (Å²) < 4.78 is 24.4. The molecule has 2 rings (SSSR count). The van der Waals surface area contributed by atoms with E-state index < -0.39 is 22.0 Å². The molecule has 2 N–H and O–H groups in total. The molecule has 1 heterocycles. The first kappa shape index (κ1) is 13.3. The first-order chi connectivity index (χ1) is 7.89. The predicted molar refractivity (Wildman–Crippen MR) is 73.9 cm³/mol. The van der Waals surface area contributed by atoms with E-state index in [1.54, 1.807) is 0 Å². The van der Waals surface area contributed by atoms with Gasteiger partial charge in [-0.05, 0) is 44.0 Å². The maximum absolute atomic E-state index is 11.4. The molecule has 0 bridgehead atoms. The highest BCUT2D eigenvalue weighted by Gasteiger charge is 2.36. The minimum absolute atomic E-state index is 0.0397. The van der Waals surface area contributed by atoms with Crippen LogP contribution in [0.5, 0.6) is 0 Å². The van der Waals surface area contributed by atoms with Crippen molar-refractivity contribution in [3.63, 3.8) is 0 Å². The highest BCUT2D eigenvalue weighted by atomic mass is 79.9. The van der Waals surface area contributed by atoms with Crippen molar-refractivity contribution in [2.75, 3.05) is 16.8 Å². The van der Waals surface area contributed by atoms with Crippen molar-refractivity contribution < 1.29 is 13.5 Å². The Bertz CT molecular complexity index is 512. The van der Waals surface area contributed by atoms with Gasteiger partial charge in [0.15, 0.2) is 9.84 Å². The summed E-state index contributed by atoms with van der Waals surface area (Å²) in [6, 6.07) is 5.10. The average molecular weight is 385 g/mol. The zero-order chi connectivity index (χ0) is 12.6. The monoisotopic (exact) mass is 383 g/mol. The quantitative estimate of drug-likeness (QED) is 0.815. The van der Waals surface area contributed by atoms with Gasteiger partial charge in [0.05, 0.1) is 29.3 Å². The van der Waals surface area contributed by atoms with Crippen molar-refractivity contribution in [3.8, 4) is 0 Å². The van der Waals surface area contributed by atoms with E-state index in [-0.39, 0.29) is 11.5 Å². The van der Waals surface area contributed by atoms with E-state index in [2.05, 4.69) is 37.2 Å². The smallest absolute Gasteiger partial charge is 0.155 e. The van der Waals surface area contributed by atoms with Crippen LogP contribution in [-0.4, -0.2) is 37.2 Å². The number of aliphatic hydroxyl groups excluding tert-OH is 1. The van der Waals surface area contributed by atoms with E-state index in [1.807, 2.05) is 18.2 Å². The van der Waals surface area contributed by atoms with Gasteiger partial charge in [-0.1, -0.05) is 6.07 Å². The molecule has 1 aromatic rings. The molecule has 0 radical (unpaired) electrons. The van der Waals surface area contributed by atoms with Gasteiger partial charge in [-0.25, -0.2) is 8.42 Å². The van der Waals surface area contributed by atoms with Crippen LogP contribution in [0.4, 0.5) is 5.69 Å². The van der Waals surface area contributed by atoms with Crippen LogP contribution in [0.3, 0.4) is 0 Å². The molecule has 1 fully saturated rings. The normalized spacial score (nSPS) is 27.0. The molecule has 1 saturated heterocycles. The molecular formula is C10H11Br2NO3S. The van der Waals surface area contributed by atoms with Crippen LogP contribution in [0.15, 0.2) is 27.1 Å². The van der Waals surface area contributed by atoms with Crippen LogP contribution in [0.2, 0.25) is 0 Å². The number of benzene rings is 1. The van der Waals surface area contributed by atoms with Gasteiger partial charge >= 0.3 is 0 Å². The molecule has 1 aromatic carbocycles. The Balaban J connectivity index is 2.22. The zero-order valence-corrected chi connectivity index (χ0v) is 12.7. The van der Waals surface area contributed by atoms with Gasteiger partial charge in [-0.3, -0.25) is 0 Å². The SMILES string of the molecule is O=S1(=O)CC(O)C(Nc2c(Br)cccc2Br)C1. The predicted octanol–water partition coefficient (Wildman–Crippen LogP) is 1.78. The molecule has 1 aliphatic heterocycles. The highest BCUT2D eigenvalue weighted by Crippen LogP contribution is 2.32. The zero-order valence-electron chi connectivity index (χ0n) is 8.73. The summed E-state index contributed by atoms with van der Waals surface area (Å²) in [6.45, 7) is 0. The number of hydrogen-bond donors (Lipinski definition) is 2. The molecule has 4 nitrogen and oxygen atoms in total. The van der Waals surface area contributed by atoms with E-state index in [1.165, 1.54) is 0 Å². The molecular weight excluding hydrogens is 374 g/mol. The van der Waals surface area contributed by atoms with Crippen molar-refractivity contribution in [2.45, 2.75) is 12.1 Å². The van der Waals surface area contributed by atoms with Crippen LogP contribution in [0.1, 0.15) is 0 Å². The Morgan fingerprint density at radius 1 is 1.24 bits per heavy atom. The fourth-order valence-electron chi connectivity index (χ4n) is 1.79. The molecule has 2 unspecified atom stereocenters. The first-order valence-electron chi connectivity index (χ1n) is 4.98. The van der Waals surface area contributed by atoms with Crippen LogP contribution >= 0.6 is 31.9 Å². The molecule has 0 amide bonds. The molecule has 17 heavy (non-hydrogen) atoms. The number of anilines is 1. The number of sulfone groups is 1. The lowest BCUT2D eigenvalue weighted by atomic mass is 10.2. The van der Waals surface area contributed by atoms with Crippen molar-refractivity contribution in [3.05, 3.63) is 27.1 Å². The molecule has 0 saturated carbocycles. The lowest BCUT2D eigenvalue weighted by molar-refractivity contribution is 0.190.